The Morgan fingerprint density at radius 2 is 2.00 bits per heavy atom. The van der Waals surface area contributed by atoms with Crippen molar-refractivity contribution in [3.05, 3.63) is 68.1 Å². The van der Waals surface area contributed by atoms with Crippen molar-refractivity contribution in [1.82, 2.24) is 19.6 Å². The molecule has 3 rings (SSSR count). The van der Waals surface area contributed by atoms with Gasteiger partial charge in [0.2, 0.25) is 5.91 Å². The van der Waals surface area contributed by atoms with E-state index in [2.05, 4.69) is 15.5 Å². The van der Waals surface area contributed by atoms with E-state index in [1.165, 1.54) is 10.9 Å². The number of halogens is 2. The highest BCUT2D eigenvalue weighted by molar-refractivity contribution is 6.33. The summed E-state index contributed by atoms with van der Waals surface area (Å²) in [6, 6.07) is 7.32. The van der Waals surface area contributed by atoms with Gasteiger partial charge in [-0.2, -0.15) is 10.2 Å². The van der Waals surface area contributed by atoms with Crippen molar-refractivity contribution in [2.75, 3.05) is 5.32 Å². The first-order valence-corrected chi connectivity index (χ1v) is 9.03. The standard InChI is InChI=1S/C17H16Cl2N6O3/c1-11-15(25(27)28)8-20-24(11)7-6-16(26)21-17-14(19)10-23(22-17)9-12-2-4-13(18)5-3-12/h2-5,8,10H,6-7,9H2,1H3,(H,21,22,26). The van der Waals surface area contributed by atoms with Crippen LogP contribution in [0.1, 0.15) is 17.7 Å². The van der Waals surface area contributed by atoms with Crippen molar-refractivity contribution in [3.8, 4) is 0 Å². The van der Waals surface area contributed by atoms with E-state index in [0.717, 1.165) is 5.56 Å². The summed E-state index contributed by atoms with van der Waals surface area (Å²) in [7, 11) is 0. The summed E-state index contributed by atoms with van der Waals surface area (Å²) in [6.45, 7) is 2.26. The van der Waals surface area contributed by atoms with Crippen LogP contribution >= 0.6 is 23.2 Å². The lowest BCUT2D eigenvalue weighted by Gasteiger charge is -2.05. The van der Waals surface area contributed by atoms with Gasteiger partial charge < -0.3 is 5.32 Å². The minimum absolute atomic E-state index is 0.0695. The zero-order valence-electron chi connectivity index (χ0n) is 14.8. The molecule has 0 bridgehead atoms. The third-order valence-corrected chi connectivity index (χ3v) is 4.59. The molecule has 3 aromatic rings. The summed E-state index contributed by atoms with van der Waals surface area (Å²) in [5.41, 5.74) is 1.30. The Hall–Kier alpha value is -2.91. The highest BCUT2D eigenvalue weighted by Gasteiger charge is 2.17. The summed E-state index contributed by atoms with van der Waals surface area (Å²) in [5.74, 6) is -0.0695. The number of amides is 1. The van der Waals surface area contributed by atoms with Gasteiger partial charge in [0.25, 0.3) is 0 Å². The zero-order chi connectivity index (χ0) is 20.3. The Kier molecular flexibility index (Phi) is 5.96. The number of aromatic nitrogens is 4. The first-order valence-electron chi connectivity index (χ1n) is 8.27. The average molecular weight is 423 g/mol. The van der Waals surface area contributed by atoms with Crippen LogP contribution in [0.3, 0.4) is 0 Å². The van der Waals surface area contributed by atoms with Crippen molar-refractivity contribution in [1.29, 1.82) is 0 Å². The maximum Gasteiger partial charge on any atom is 0.309 e. The molecule has 0 unspecified atom stereocenters. The quantitative estimate of drug-likeness (QED) is 0.461. The molecule has 0 fully saturated rings. The number of carbonyl (C=O) groups excluding carboxylic acids is 1. The van der Waals surface area contributed by atoms with E-state index >= 15 is 0 Å². The molecule has 1 aromatic carbocycles. The van der Waals surface area contributed by atoms with Gasteiger partial charge in [-0.05, 0) is 24.6 Å². The first-order chi connectivity index (χ1) is 13.3. The van der Waals surface area contributed by atoms with E-state index < -0.39 is 4.92 Å². The molecule has 146 valence electrons. The molecule has 0 radical (unpaired) electrons. The summed E-state index contributed by atoms with van der Waals surface area (Å²) < 4.78 is 3.03. The fourth-order valence-corrected chi connectivity index (χ4v) is 2.91. The van der Waals surface area contributed by atoms with Gasteiger partial charge in [0.1, 0.15) is 16.9 Å². The van der Waals surface area contributed by atoms with Gasteiger partial charge in [-0.15, -0.1) is 0 Å². The molecule has 28 heavy (non-hydrogen) atoms. The van der Waals surface area contributed by atoms with Crippen molar-refractivity contribution in [3.63, 3.8) is 0 Å². The normalized spacial score (nSPS) is 10.8. The van der Waals surface area contributed by atoms with Crippen molar-refractivity contribution < 1.29 is 9.72 Å². The maximum absolute atomic E-state index is 12.2. The molecular formula is C17H16Cl2N6O3. The summed E-state index contributed by atoms with van der Waals surface area (Å²) in [5, 5.41) is 22.7. The lowest BCUT2D eigenvalue weighted by atomic mass is 10.2. The summed E-state index contributed by atoms with van der Waals surface area (Å²) in [6.07, 6.45) is 2.86. The third-order valence-electron chi connectivity index (χ3n) is 4.06. The van der Waals surface area contributed by atoms with E-state index in [1.54, 1.807) is 29.9 Å². The lowest BCUT2D eigenvalue weighted by Crippen LogP contribution is -2.16. The number of nitro groups is 1. The Labute approximate surface area is 170 Å². The van der Waals surface area contributed by atoms with E-state index in [4.69, 9.17) is 23.2 Å². The molecule has 0 aliphatic rings. The van der Waals surface area contributed by atoms with Gasteiger partial charge in [-0.1, -0.05) is 35.3 Å². The van der Waals surface area contributed by atoms with E-state index in [1.807, 2.05) is 12.1 Å². The number of hydrogen-bond donors (Lipinski definition) is 1. The zero-order valence-corrected chi connectivity index (χ0v) is 16.3. The lowest BCUT2D eigenvalue weighted by molar-refractivity contribution is -0.385. The van der Waals surface area contributed by atoms with Crippen molar-refractivity contribution in [2.45, 2.75) is 26.4 Å². The van der Waals surface area contributed by atoms with Crippen LogP contribution in [0.25, 0.3) is 0 Å². The molecular weight excluding hydrogens is 407 g/mol. The van der Waals surface area contributed by atoms with Crippen LogP contribution in [0.5, 0.6) is 0 Å². The Bertz CT molecular complexity index is 1010. The molecule has 1 amide bonds. The number of nitrogens with zero attached hydrogens (tertiary/aromatic N) is 5. The second kappa shape index (κ2) is 8.41. The van der Waals surface area contributed by atoms with Gasteiger partial charge in [-0.3, -0.25) is 24.3 Å². The summed E-state index contributed by atoms with van der Waals surface area (Å²) >= 11 is 12.0. The molecule has 1 N–H and O–H groups in total. The van der Waals surface area contributed by atoms with Crippen LogP contribution in [-0.2, 0) is 17.9 Å². The highest BCUT2D eigenvalue weighted by atomic mass is 35.5. The average Bonchev–Trinajstić information content (AvgIpc) is 3.17. The third kappa shape index (κ3) is 4.68. The smallest absolute Gasteiger partial charge is 0.308 e. The van der Waals surface area contributed by atoms with Crippen LogP contribution in [0.2, 0.25) is 10.0 Å². The highest BCUT2D eigenvalue weighted by Crippen LogP contribution is 2.21. The summed E-state index contributed by atoms with van der Waals surface area (Å²) in [4.78, 5) is 22.5. The number of anilines is 1. The van der Waals surface area contributed by atoms with E-state index in [0.29, 0.717) is 22.3 Å². The second-order valence-corrected chi connectivity index (χ2v) is 6.89. The van der Waals surface area contributed by atoms with Gasteiger partial charge >= 0.3 is 5.69 Å². The van der Waals surface area contributed by atoms with Gasteiger partial charge in [0.05, 0.1) is 18.0 Å². The fourth-order valence-electron chi connectivity index (χ4n) is 2.58. The van der Waals surface area contributed by atoms with Crippen LogP contribution in [0.4, 0.5) is 11.5 Å². The predicted molar refractivity (Wildman–Crippen MR) is 105 cm³/mol. The van der Waals surface area contributed by atoms with Gasteiger partial charge in [0, 0.05) is 17.6 Å². The predicted octanol–water partition coefficient (Wildman–Crippen LogP) is 3.68. The van der Waals surface area contributed by atoms with Crippen LogP contribution < -0.4 is 5.32 Å². The fraction of sp³-hybridized carbons (Fsp3) is 0.235. The minimum atomic E-state index is -0.508. The largest absolute Gasteiger partial charge is 0.309 e. The van der Waals surface area contributed by atoms with E-state index in [-0.39, 0.29) is 30.4 Å². The topological polar surface area (TPSA) is 108 Å². The number of nitrogens with one attached hydrogen (secondary N) is 1. The minimum Gasteiger partial charge on any atom is -0.308 e. The SMILES string of the molecule is Cc1c([N+](=O)[O-])cnn1CCC(=O)Nc1nn(Cc2ccc(Cl)cc2)cc1Cl. The number of hydrogen-bond acceptors (Lipinski definition) is 5. The van der Waals surface area contributed by atoms with Crippen molar-refractivity contribution in [2.24, 2.45) is 0 Å². The van der Waals surface area contributed by atoms with Crippen LogP contribution in [0, 0.1) is 17.0 Å². The Morgan fingerprint density at radius 3 is 2.64 bits per heavy atom. The number of rotatable bonds is 7. The molecule has 11 heteroatoms. The van der Waals surface area contributed by atoms with E-state index in [9.17, 15) is 14.9 Å². The molecule has 0 aliphatic carbocycles. The van der Waals surface area contributed by atoms with Gasteiger partial charge in [-0.25, -0.2) is 0 Å². The van der Waals surface area contributed by atoms with Crippen LogP contribution in [0.15, 0.2) is 36.7 Å². The maximum atomic E-state index is 12.2. The molecule has 0 spiro atoms. The van der Waals surface area contributed by atoms with Crippen molar-refractivity contribution >= 4 is 40.6 Å². The Balaban J connectivity index is 1.59. The Morgan fingerprint density at radius 1 is 1.29 bits per heavy atom. The second-order valence-electron chi connectivity index (χ2n) is 6.04. The van der Waals surface area contributed by atoms with Gasteiger partial charge in [0.15, 0.2) is 5.82 Å². The molecule has 2 aromatic heterocycles. The first kappa shape index (κ1) is 19.8. The molecule has 0 atom stereocenters. The monoisotopic (exact) mass is 422 g/mol. The van der Waals surface area contributed by atoms with Crippen LogP contribution in [-0.4, -0.2) is 30.4 Å². The number of aryl methyl sites for hydroxylation is 1. The molecule has 0 saturated heterocycles. The molecule has 0 saturated carbocycles. The number of carbonyl (C=O) groups is 1. The molecule has 0 aliphatic heterocycles. The molecule has 2 heterocycles. The molecule has 9 nitrogen and oxygen atoms in total. The number of benzene rings is 1.